The first kappa shape index (κ1) is 38.7. The van der Waals surface area contributed by atoms with Crippen molar-refractivity contribution in [2.45, 2.75) is 83.2 Å². The summed E-state index contributed by atoms with van der Waals surface area (Å²) in [7, 11) is 0. The molecule has 1 aliphatic carbocycles. The summed E-state index contributed by atoms with van der Waals surface area (Å²) in [5.74, 6) is -0.372. The van der Waals surface area contributed by atoms with Crippen LogP contribution in [0.5, 0.6) is 0 Å². The van der Waals surface area contributed by atoms with E-state index in [1.807, 2.05) is 18.2 Å². The van der Waals surface area contributed by atoms with Gasteiger partial charge >= 0.3 is 5.97 Å². The van der Waals surface area contributed by atoms with Crippen LogP contribution >= 0.6 is 23.1 Å². The first-order valence-electron chi connectivity index (χ1n) is 20.4. The van der Waals surface area contributed by atoms with E-state index in [4.69, 9.17) is 0 Å². The van der Waals surface area contributed by atoms with Crippen molar-refractivity contribution in [3.63, 3.8) is 0 Å². The summed E-state index contributed by atoms with van der Waals surface area (Å²) < 4.78 is 2.37. The van der Waals surface area contributed by atoms with Crippen LogP contribution in [0.25, 0.3) is 22.8 Å². The lowest BCUT2D eigenvalue weighted by molar-refractivity contribution is -0.137. The van der Waals surface area contributed by atoms with Crippen molar-refractivity contribution in [2.75, 3.05) is 17.2 Å². The van der Waals surface area contributed by atoms with Crippen molar-refractivity contribution in [2.24, 2.45) is 0 Å². The van der Waals surface area contributed by atoms with Gasteiger partial charge in [-0.05, 0) is 89.1 Å². The molecule has 3 aliphatic rings. The van der Waals surface area contributed by atoms with Crippen molar-refractivity contribution < 1.29 is 14.7 Å². The highest BCUT2D eigenvalue weighted by Crippen LogP contribution is 2.52. The lowest BCUT2D eigenvalue weighted by Gasteiger charge is -2.27. The van der Waals surface area contributed by atoms with Crippen LogP contribution in [-0.2, 0) is 16.1 Å². The van der Waals surface area contributed by atoms with Crippen LogP contribution in [0.15, 0.2) is 108 Å². The van der Waals surface area contributed by atoms with Crippen LogP contribution in [0.1, 0.15) is 98.4 Å². The molecule has 1 N–H and O–H groups in total. The molecule has 292 valence electrons. The minimum atomic E-state index is -1.08. The molecule has 0 bridgehead atoms. The molecule has 1 saturated heterocycles. The number of fused-ring (bicyclic) bond motifs is 3. The van der Waals surface area contributed by atoms with Crippen molar-refractivity contribution in [3.05, 3.63) is 150 Å². The van der Waals surface area contributed by atoms with E-state index in [1.54, 1.807) is 4.90 Å². The van der Waals surface area contributed by atoms with Crippen LogP contribution in [0.2, 0.25) is 0 Å². The first-order valence-corrected chi connectivity index (χ1v) is 22.2. The Kier molecular flexibility index (Phi) is 11.9. The van der Waals surface area contributed by atoms with Gasteiger partial charge in [-0.2, -0.15) is 0 Å². The zero-order valence-electron chi connectivity index (χ0n) is 32.4. The average Bonchev–Trinajstić information content (AvgIpc) is 4.00. The molecular formula is C48H49N3O4S2. The number of carbonyl (C=O) groups excluding carboxylic acids is 1. The fourth-order valence-electron chi connectivity index (χ4n) is 8.73. The SMILES string of the molecule is CCCCCCCCN1C(=O)CS/C1=c1\s/c(=C/c2ccc3c(c2)C2CCCC2N3c2ccc(C=C(c3ccccc3)c3ccccc3)cc2)c(=O)n1CC(=O)O. The lowest BCUT2D eigenvalue weighted by atomic mass is 9.95. The maximum atomic E-state index is 13.9. The monoisotopic (exact) mass is 795 g/mol. The largest absolute Gasteiger partial charge is 0.480 e. The molecule has 9 heteroatoms. The van der Waals surface area contributed by atoms with E-state index < -0.39 is 12.5 Å². The van der Waals surface area contributed by atoms with Crippen molar-refractivity contribution in [3.8, 4) is 0 Å². The molecule has 1 aromatic heterocycles. The van der Waals surface area contributed by atoms with E-state index in [-0.39, 0.29) is 11.5 Å². The van der Waals surface area contributed by atoms with Crippen LogP contribution in [-0.4, -0.2) is 44.8 Å². The minimum Gasteiger partial charge on any atom is -0.480 e. The van der Waals surface area contributed by atoms with Crippen LogP contribution < -0.4 is 19.7 Å². The summed E-state index contributed by atoms with van der Waals surface area (Å²) in [6.07, 6.45) is 14.2. The number of amides is 1. The third kappa shape index (κ3) is 8.32. The van der Waals surface area contributed by atoms with Gasteiger partial charge in [0.05, 0.1) is 10.3 Å². The van der Waals surface area contributed by atoms with Crippen molar-refractivity contribution in [1.82, 2.24) is 9.47 Å². The molecule has 2 atom stereocenters. The topological polar surface area (TPSA) is 82.9 Å². The summed E-state index contributed by atoms with van der Waals surface area (Å²) in [5.41, 5.74) is 8.95. The van der Waals surface area contributed by atoms with E-state index in [0.717, 1.165) is 49.7 Å². The number of aromatic nitrogens is 1. The molecule has 5 aromatic rings. The molecule has 3 heterocycles. The predicted octanol–water partition coefficient (Wildman–Crippen LogP) is 9.20. The molecule has 1 saturated carbocycles. The normalized spacial score (nSPS) is 18.6. The highest BCUT2D eigenvalue weighted by molar-refractivity contribution is 8.09. The summed E-state index contributed by atoms with van der Waals surface area (Å²) >= 11 is 2.70. The van der Waals surface area contributed by atoms with Gasteiger partial charge < -0.3 is 14.9 Å². The van der Waals surface area contributed by atoms with Gasteiger partial charge in [0, 0.05) is 29.9 Å². The Labute approximate surface area is 342 Å². The van der Waals surface area contributed by atoms with Crippen LogP contribution in [0, 0.1) is 0 Å². The van der Waals surface area contributed by atoms with E-state index >= 15 is 0 Å². The van der Waals surface area contributed by atoms with Gasteiger partial charge in [-0.25, -0.2) is 0 Å². The molecule has 7 nitrogen and oxygen atoms in total. The number of aliphatic carboxylic acids is 1. The van der Waals surface area contributed by atoms with Gasteiger partial charge in [-0.3, -0.25) is 19.0 Å². The summed E-state index contributed by atoms with van der Waals surface area (Å²) in [4.78, 5) is 43.2. The van der Waals surface area contributed by atoms with Gasteiger partial charge in [0.2, 0.25) is 5.91 Å². The Bertz CT molecular complexity index is 2410. The number of anilines is 2. The maximum absolute atomic E-state index is 13.9. The Hall–Kier alpha value is -5.12. The number of benzene rings is 4. The van der Waals surface area contributed by atoms with Gasteiger partial charge in [0.25, 0.3) is 5.56 Å². The second-order valence-electron chi connectivity index (χ2n) is 15.3. The van der Waals surface area contributed by atoms with Gasteiger partial charge in [-0.1, -0.05) is 136 Å². The molecule has 2 fully saturated rings. The standard InChI is InChI=1S/C48H49N3O4S2/c1-2-3-4-5-6-13-27-49-44(52)32-56-47(49)48-50(31-45(53)54)46(55)43(57-48)30-34-23-26-42-40(29-34)38-19-14-20-41(38)51(42)37-24-21-33(22-25-37)28-39(35-15-9-7-10-16-35)36-17-11-8-12-18-36/h7-12,15-18,21-26,28-30,38,41H,2-6,13-14,19-20,27,31-32H2,1H3,(H,53,54)/b43-30+,48-47-. The summed E-state index contributed by atoms with van der Waals surface area (Å²) in [6.45, 7) is 2.33. The third-order valence-corrected chi connectivity index (χ3v) is 13.8. The van der Waals surface area contributed by atoms with Crippen LogP contribution in [0.3, 0.4) is 0 Å². The smallest absolute Gasteiger partial charge is 0.323 e. The van der Waals surface area contributed by atoms with Gasteiger partial charge in [0.1, 0.15) is 16.2 Å². The number of thioether (sulfide) groups is 1. The van der Waals surface area contributed by atoms with E-state index in [1.165, 1.54) is 80.6 Å². The number of nitrogens with zero attached hydrogens (tertiary/aromatic N) is 3. The zero-order valence-corrected chi connectivity index (χ0v) is 34.1. The van der Waals surface area contributed by atoms with E-state index in [9.17, 15) is 19.5 Å². The van der Waals surface area contributed by atoms with Gasteiger partial charge in [0.15, 0.2) is 0 Å². The maximum Gasteiger partial charge on any atom is 0.323 e. The number of thiazole rings is 1. The second kappa shape index (κ2) is 17.6. The number of rotatable bonds is 14. The molecule has 4 aromatic carbocycles. The molecule has 2 aliphatic heterocycles. The second-order valence-corrected chi connectivity index (χ2v) is 17.3. The molecule has 0 spiro atoms. The number of carboxylic acid groups (broad SMARTS) is 1. The van der Waals surface area contributed by atoms with Crippen molar-refractivity contribution >= 4 is 69.1 Å². The highest BCUT2D eigenvalue weighted by atomic mass is 32.2. The minimum absolute atomic E-state index is 0.0151. The number of carboxylic acids is 1. The van der Waals surface area contributed by atoms with Crippen LogP contribution in [0.4, 0.5) is 11.4 Å². The van der Waals surface area contributed by atoms with Gasteiger partial charge in [-0.15, -0.1) is 11.3 Å². The Morgan fingerprint density at radius 3 is 2.21 bits per heavy atom. The first-order chi connectivity index (χ1) is 27.9. The molecule has 2 unspecified atom stereocenters. The number of carbonyl (C=O) groups is 2. The fourth-order valence-corrected chi connectivity index (χ4v) is 11.1. The lowest BCUT2D eigenvalue weighted by Crippen LogP contribution is -2.36. The number of hydrogen-bond acceptors (Lipinski definition) is 6. The third-order valence-electron chi connectivity index (χ3n) is 11.5. The van der Waals surface area contributed by atoms with Crippen molar-refractivity contribution in [1.29, 1.82) is 0 Å². The highest BCUT2D eigenvalue weighted by Gasteiger charge is 2.42. The quantitative estimate of drug-likeness (QED) is 0.0892. The number of unbranched alkanes of at least 4 members (excludes halogenated alkanes) is 5. The Morgan fingerprint density at radius 1 is 0.825 bits per heavy atom. The molecule has 1 amide bonds. The fraction of sp³-hybridized carbons (Fsp3) is 0.312. The molecular weight excluding hydrogens is 747 g/mol. The molecule has 8 rings (SSSR count). The molecule has 57 heavy (non-hydrogen) atoms. The zero-order chi connectivity index (χ0) is 39.3. The Morgan fingerprint density at radius 2 is 1.51 bits per heavy atom. The van der Waals surface area contributed by atoms with E-state index in [0.29, 0.717) is 38.5 Å². The summed E-state index contributed by atoms with van der Waals surface area (Å²) in [6, 6.07) is 36.8. The summed E-state index contributed by atoms with van der Waals surface area (Å²) in [5, 5.41) is 10.5. The predicted molar refractivity (Wildman–Crippen MR) is 235 cm³/mol. The van der Waals surface area contributed by atoms with E-state index in [2.05, 4.69) is 109 Å². The number of hydrogen-bond donors (Lipinski definition) is 1. The Balaban J connectivity index is 1.10. The average molecular weight is 796 g/mol. The molecule has 0 radical (unpaired) electrons.